The molecule has 0 aliphatic carbocycles. The number of carbonyl (C=O) groups is 1. The molecule has 0 fully saturated rings. The first-order valence-electron chi connectivity index (χ1n) is 7.47. The van der Waals surface area contributed by atoms with Crippen LogP contribution in [0.1, 0.15) is 15.9 Å². The van der Waals surface area contributed by atoms with Crippen LogP contribution in [0.3, 0.4) is 0 Å². The second-order valence-electron chi connectivity index (χ2n) is 5.66. The summed E-state index contributed by atoms with van der Waals surface area (Å²) in [6.45, 7) is 2.00. The number of aromatic nitrogens is 3. The van der Waals surface area contributed by atoms with Gasteiger partial charge in [-0.1, -0.05) is 29.8 Å². The van der Waals surface area contributed by atoms with Gasteiger partial charge in [0.05, 0.1) is 5.69 Å². The van der Waals surface area contributed by atoms with E-state index < -0.39 is 17.2 Å². The molecule has 0 aliphatic heterocycles. The summed E-state index contributed by atoms with van der Waals surface area (Å²) in [7, 11) is 2.82. The van der Waals surface area contributed by atoms with Crippen LogP contribution in [0.2, 0.25) is 0 Å². The molecule has 0 spiro atoms. The van der Waals surface area contributed by atoms with Gasteiger partial charge in [0.25, 0.3) is 11.5 Å². The number of aryl methyl sites for hydroxylation is 2. The van der Waals surface area contributed by atoms with Gasteiger partial charge in [-0.3, -0.25) is 19.5 Å². The topological polar surface area (TPSA) is 86.0 Å². The maximum absolute atomic E-state index is 12.4. The van der Waals surface area contributed by atoms with Gasteiger partial charge >= 0.3 is 5.69 Å². The van der Waals surface area contributed by atoms with Gasteiger partial charge in [-0.05, 0) is 6.92 Å². The van der Waals surface area contributed by atoms with Gasteiger partial charge in [0, 0.05) is 31.2 Å². The maximum atomic E-state index is 12.4. The molecule has 0 aliphatic rings. The Bertz CT molecular complexity index is 1060. The van der Waals surface area contributed by atoms with Gasteiger partial charge in [-0.15, -0.1) is 11.3 Å². The Morgan fingerprint density at radius 1 is 1.16 bits per heavy atom. The fourth-order valence-electron chi connectivity index (χ4n) is 2.32. The van der Waals surface area contributed by atoms with Crippen molar-refractivity contribution in [1.29, 1.82) is 0 Å². The molecule has 1 aromatic carbocycles. The standard InChI is InChI=1S/C17H16N4O3S/c1-10-4-6-11(7-5-10)13-9-25-16(18-13)19-14(22)12-8-20(2)17(24)21(3)15(12)23/h4-9H,1-3H3,(H,18,19,22). The van der Waals surface area contributed by atoms with Crippen molar-refractivity contribution < 1.29 is 4.79 Å². The van der Waals surface area contributed by atoms with Crippen LogP contribution in [-0.2, 0) is 14.1 Å². The monoisotopic (exact) mass is 356 g/mol. The summed E-state index contributed by atoms with van der Waals surface area (Å²) in [5.74, 6) is -0.596. The maximum Gasteiger partial charge on any atom is 0.330 e. The van der Waals surface area contributed by atoms with Gasteiger partial charge in [0.15, 0.2) is 5.13 Å². The molecule has 8 heteroatoms. The van der Waals surface area contributed by atoms with E-state index in [1.54, 1.807) is 0 Å². The predicted molar refractivity (Wildman–Crippen MR) is 97.2 cm³/mol. The normalized spacial score (nSPS) is 10.7. The zero-order valence-corrected chi connectivity index (χ0v) is 14.8. The van der Waals surface area contributed by atoms with E-state index in [4.69, 9.17) is 0 Å². The molecule has 0 saturated heterocycles. The molecule has 128 valence electrons. The number of nitrogens with one attached hydrogen (secondary N) is 1. The summed E-state index contributed by atoms with van der Waals surface area (Å²) < 4.78 is 2.09. The van der Waals surface area contributed by atoms with Crippen molar-refractivity contribution >= 4 is 22.4 Å². The second kappa shape index (κ2) is 6.48. The Morgan fingerprint density at radius 2 is 1.84 bits per heavy atom. The Morgan fingerprint density at radius 3 is 2.52 bits per heavy atom. The van der Waals surface area contributed by atoms with E-state index in [1.165, 1.54) is 36.2 Å². The second-order valence-corrected chi connectivity index (χ2v) is 6.52. The number of hydrogen-bond acceptors (Lipinski definition) is 5. The molecule has 3 rings (SSSR count). The van der Waals surface area contributed by atoms with E-state index in [1.807, 2.05) is 36.6 Å². The molecule has 2 aromatic heterocycles. The first kappa shape index (κ1) is 16.8. The first-order valence-corrected chi connectivity index (χ1v) is 8.35. The SMILES string of the molecule is Cc1ccc(-c2csc(NC(=O)c3cn(C)c(=O)n(C)c3=O)n2)cc1. The summed E-state index contributed by atoms with van der Waals surface area (Å²) in [6, 6.07) is 7.89. The van der Waals surface area contributed by atoms with Crippen molar-refractivity contribution in [3.63, 3.8) is 0 Å². The quantitative estimate of drug-likeness (QED) is 0.775. The molecular weight excluding hydrogens is 340 g/mol. The van der Waals surface area contributed by atoms with Crippen LogP contribution in [0.15, 0.2) is 45.4 Å². The van der Waals surface area contributed by atoms with Crippen LogP contribution in [0.25, 0.3) is 11.3 Å². The van der Waals surface area contributed by atoms with Crippen LogP contribution in [0.4, 0.5) is 5.13 Å². The average molecular weight is 356 g/mol. The van der Waals surface area contributed by atoms with Gasteiger partial charge in [-0.25, -0.2) is 9.78 Å². The molecule has 25 heavy (non-hydrogen) atoms. The summed E-state index contributed by atoms with van der Waals surface area (Å²) in [4.78, 5) is 40.5. The van der Waals surface area contributed by atoms with Crippen LogP contribution in [0.5, 0.6) is 0 Å². The minimum absolute atomic E-state index is 0.114. The molecule has 1 N–H and O–H groups in total. The van der Waals surface area contributed by atoms with Crippen LogP contribution < -0.4 is 16.6 Å². The van der Waals surface area contributed by atoms with Gasteiger partial charge in [0.1, 0.15) is 5.56 Å². The van der Waals surface area contributed by atoms with E-state index >= 15 is 0 Å². The molecule has 1 amide bonds. The Labute approximate surface area is 147 Å². The molecule has 0 unspecified atom stereocenters. The fraction of sp³-hybridized carbons (Fsp3) is 0.176. The molecule has 0 radical (unpaired) electrons. The lowest BCUT2D eigenvalue weighted by molar-refractivity contribution is 0.102. The molecule has 0 saturated carbocycles. The smallest absolute Gasteiger partial charge is 0.303 e. The lowest BCUT2D eigenvalue weighted by Gasteiger charge is -2.06. The molecule has 3 aromatic rings. The summed E-state index contributed by atoms with van der Waals surface area (Å²) in [5.41, 5.74) is 1.59. The van der Waals surface area contributed by atoms with Crippen molar-refractivity contribution in [3.05, 3.63) is 67.8 Å². The van der Waals surface area contributed by atoms with Crippen molar-refractivity contribution in [3.8, 4) is 11.3 Å². The Hall–Kier alpha value is -3.00. The Balaban J connectivity index is 1.86. The van der Waals surface area contributed by atoms with E-state index in [0.717, 1.165) is 21.4 Å². The minimum Gasteiger partial charge on any atom is -0.303 e. The summed E-state index contributed by atoms with van der Waals surface area (Å²) >= 11 is 1.27. The number of amides is 1. The zero-order chi connectivity index (χ0) is 18.1. The third-order valence-electron chi connectivity index (χ3n) is 3.76. The van der Waals surface area contributed by atoms with Crippen molar-refractivity contribution in [1.82, 2.24) is 14.1 Å². The number of anilines is 1. The third-order valence-corrected chi connectivity index (χ3v) is 4.52. The fourth-order valence-corrected chi connectivity index (χ4v) is 3.03. The lowest BCUT2D eigenvalue weighted by atomic mass is 10.1. The van der Waals surface area contributed by atoms with E-state index in [2.05, 4.69) is 10.3 Å². The third kappa shape index (κ3) is 3.29. The van der Waals surface area contributed by atoms with Crippen molar-refractivity contribution in [2.24, 2.45) is 14.1 Å². The van der Waals surface area contributed by atoms with Crippen LogP contribution in [0, 0.1) is 6.92 Å². The van der Waals surface area contributed by atoms with Crippen molar-refractivity contribution in [2.45, 2.75) is 6.92 Å². The predicted octanol–water partition coefficient (Wildman–Crippen LogP) is 1.77. The van der Waals surface area contributed by atoms with E-state index in [9.17, 15) is 14.4 Å². The number of benzene rings is 1. The van der Waals surface area contributed by atoms with Gasteiger partial charge in [0.2, 0.25) is 0 Å². The highest BCUT2D eigenvalue weighted by molar-refractivity contribution is 7.14. The molecule has 2 heterocycles. The lowest BCUT2D eigenvalue weighted by Crippen LogP contribution is -2.40. The van der Waals surface area contributed by atoms with Crippen molar-refractivity contribution in [2.75, 3.05) is 5.32 Å². The van der Waals surface area contributed by atoms with E-state index in [-0.39, 0.29) is 5.56 Å². The Kier molecular flexibility index (Phi) is 4.37. The van der Waals surface area contributed by atoms with Gasteiger partial charge in [-0.2, -0.15) is 0 Å². The number of thiazole rings is 1. The number of hydrogen-bond donors (Lipinski definition) is 1. The molecule has 0 atom stereocenters. The minimum atomic E-state index is -0.643. The molecular formula is C17H16N4O3S. The number of rotatable bonds is 3. The highest BCUT2D eigenvalue weighted by atomic mass is 32.1. The average Bonchev–Trinajstić information content (AvgIpc) is 3.05. The van der Waals surface area contributed by atoms with Gasteiger partial charge < -0.3 is 4.57 Å². The summed E-state index contributed by atoms with van der Waals surface area (Å²) in [5, 5.41) is 4.83. The van der Waals surface area contributed by atoms with E-state index in [0.29, 0.717) is 5.13 Å². The molecule has 7 nitrogen and oxygen atoms in total. The van der Waals surface area contributed by atoms with Crippen LogP contribution >= 0.6 is 11.3 Å². The highest BCUT2D eigenvalue weighted by Crippen LogP contribution is 2.25. The molecule has 0 bridgehead atoms. The number of nitrogens with zero attached hydrogens (tertiary/aromatic N) is 3. The largest absolute Gasteiger partial charge is 0.330 e. The summed E-state index contributed by atoms with van der Waals surface area (Å²) in [6.07, 6.45) is 1.23. The number of carbonyl (C=O) groups excluding carboxylic acids is 1. The first-order chi connectivity index (χ1) is 11.9. The van der Waals surface area contributed by atoms with Crippen LogP contribution in [-0.4, -0.2) is 20.0 Å². The highest BCUT2D eigenvalue weighted by Gasteiger charge is 2.16. The zero-order valence-electron chi connectivity index (χ0n) is 13.9.